The van der Waals surface area contributed by atoms with Gasteiger partial charge in [-0.15, -0.1) is 0 Å². The standard InChI is InChI=1S/2C3H9S.H2O4S/c2*1-4(2)3;1-5(2,3)4/h2*1-3H3;(H2,1,2,3,4)/q2*+1;/p-2. The first-order chi connectivity index (χ1) is 5.46. The summed E-state index contributed by atoms with van der Waals surface area (Å²) in [6.07, 6.45) is 13.2. The minimum Gasteiger partial charge on any atom is -0.759 e. The van der Waals surface area contributed by atoms with Crippen LogP contribution in [0.2, 0.25) is 0 Å². The van der Waals surface area contributed by atoms with Crippen LogP contribution < -0.4 is 0 Å². The highest BCUT2D eigenvalue weighted by atomic mass is 32.3. The van der Waals surface area contributed by atoms with Gasteiger partial charge in [0.25, 0.3) is 0 Å². The van der Waals surface area contributed by atoms with E-state index in [1.54, 1.807) is 0 Å². The maximum atomic E-state index is 8.52. The molecule has 0 bridgehead atoms. The topological polar surface area (TPSA) is 80.3 Å². The highest BCUT2D eigenvalue weighted by molar-refractivity contribution is 7.95. The molecule has 0 heterocycles. The molecular weight excluding hydrogens is 232 g/mol. The van der Waals surface area contributed by atoms with Crippen molar-refractivity contribution in [3.63, 3.8) is 0 Å². The summed E-state index contributed by atoms with van der Waals surface area (Å²) in [5.74, 6) is 0. The third-order valence-corrected chi connectivity index (χ3v) is 0. The largest absolute Gasteiger partial charge is 0.759 e. The molecule has 7 heteroatoms. The Labute approximate surface area is 87.4 Å². The van der Waals surface area contributed by atoms with E-state index in [0.717, 1.165) is 0 Å². The Morgan fingerprint density at radius 1 is 0.769 bits per heavy atom. The van der Waals surface area contributed by atoms with Crippen LogP contribution in [0.4, 0.5) is 0 Å². The summed E-state index contributed by atoms with van der Waals surface area (Å²) in [6, 6.07) is 0. The fourth-order valence-electron chi connectivity index (χ4n) is 0. The normalized spacial score (nSPS) is 10.0. The van der Waals surface area contributed by atoms with Crippen LogP contribution in [0.25, 0.3) is 0 Å². The summed E-state index contributed by atoms with van der Waals surface area (Å²) in [7, 11) is -3.89. The van der Waals surface area contributed by atoms with Gasteiger partial charge in [-0.05, 0) is 21.8 Å². The fraction of sp³-hybridized carbons (Fsp3) is 1.00. The number of hydrogen-bond acceptors (Lipinski definition) is 4. The average molecular weight is 250 g/mol. The molecular formula is C6H18O4S3. The van der Waals surface area contributed by atoms with Crippen molar-refractivity contribution in [3.05, 3.63) is 0 Å². The van der Waals surface area contributed by atoms with Crippen LogP contribution in [0, 0.1) is 0 Å². The molecule has 0 aromatic rings. The van der Waals surface area contributed by atoms with E-state index in [2.05, 4.69) is 37.5 Å². The van der Waals surface area contributed by atoms with Crippen molar-refractivity contribution in [2.75, 3.05) is 37.5 Å². The third-order valence-electron chi connectivity index (χ3n) is 0. The molecule has 0 aromatic carbocycles. The highest BCUT2D eigenvalue weighted by Crippen LogP contribution is 1.64. The van der Waals surface area contributed by atoms with Gasteiger partial charge in [-0.1, -0.05) is 0 Å². The van der Waals surface area contributed by atoms with Crippen molar-refractivity contribution in [2.45, 2.75) is 0 Å². The molecule has 84 valence electrons. The first-order valence-electron chi connectivity index (χ1n) is 3.12. The molecule has 0 radical (unpaired) electrons. The SMILES string of the molecule is C[S+](C)C.C[S+](C)C.O=S(=O)([O-])[O-]. The van der Waals surface area contributed by atoms with Crippen LogP contribution in [-0.4, -0.2) is 55.1 Å². The van der Waals surface area contributed by atoms with E-state index in [1.165, 1.54) is 0 Å². The molecule has 0 aliphatic rings. The number of hydrogen-bond donors (Lipinski definition) is 0. The Bertz CT molecular complexity index is 155. The van der Waals surface area contributed by atoms with Crippen molar-refractivity contribution >= 4 is 32.2 Å². The zero-order valence-electron chi connectivity index (χ0n) is 8.86. The molecule has 0 amide bonds. The van der Waals surface area contributed by atoms with Crippen LogP contribution in [0.15, 0.2) is 0 Å². The van der Waals surface area contributed by atoms with Crippen molar-refractivity contribution in [1.82, 2.24) is 0 Å². The lowest BCUT2D eigenvalue weighted by Crippen LogP contribution is -1.91. The molecule has 0 spiro atoms. The minimum absolute atomic E-state index is 0.639. The smallest absolute Gasteiger partial charge is 0.0969 e. The second kappa shape index (κ2) is 10.6. The van der Waals surface area contributed by atoms with Crippen molar-refractivity contribution in [3.8, 4) is 0 Å². The second-order valence-electron chi connectivity index (χ2n) is 2.86. The molecule has 0 aliphatic carbocycles. The van der Waals surface area contributed by atoms with E-state index in [-0.39, 0.29) is 0 Å². The van der Waals surface area contributed by atoms with Gasteiger partial charge in [0, 0.05) is 10.4 Å². The van der Waals surface area contributed by atoms with Gasteiger partial charge >= 0.3 is 0 Å². The highest BCUT2D eigenvalue weighted by Gasteiger charge is 1.78. The van der Waals surface area contributed by atoms with Crippen LogP contribution in [0.1, 0.15) is 0 Å². The Morgan fingerprint density at radius 2 is 0.769 bits per heavy atom. The first-order valence-corrected chi connectivity index (χ1v) is 9.35. The molecule has 4 nitrogen and oxygen atoms in total. The van der Waals surface area contributed by atoms with Crippen LogP contribution in [0.5, 0.6) is 0 Å². The van der Waals surface area contributed by atoms with E-state index in [9.17, 15) is 0 Å². The average Bonchev–Trinajstić information content (AvgIpc) is 1.50. The van der Waals surface area contributed by atoms with Crippen LogP contribution >= 0.6 is 0 Å². The predicted molar refractivity (Wildman–Crippen MR) is 60.7 cm³/mol. The van der Waals surface area contributed by atoms with Gasteiger partial charge < -0.3 is 9.11 Å². The Balaban J connectivity index is -0.000000117. The van der Waals surface area contributed by atoms with E-state index in [4.69, 9.17) is 17.5 Å². The Kier molecular flexibility index (Phi) is 15.7. The summed E-state index contributed by atoms with van der Waals surface area (Å²) in [5.41, 5.74) is 0. The van der Waals surface area contributed by atoms with Gasteiger partial charge in [-0.3, -0.25) is 8.42 Å². The third kappa shape index (κ3) is 4320. The van der Waals surface area contributed by atoms with E-state index >= 15 is 0 Å². The minimum atomic E-state index is -5.17. The Morgan fingerprint density at radius 3 is 0.769 bits per heavy atom. The lowest BCUT2D eigenvalue weighted by atomic mass is 11.9. The summed E-state index contributed by atoms with van der Waals surface area (Å²) >= 11 is 0. The molecule has 0 aliphatic heterocycles. The lowest BCUT2D eigenvalue weighted by molar-refractivity contribution is 0.352. The Hall–Kier alpha value is 0.570. The molecule has 13 heavy (non-hydrogen) atoms. The van der Waals surface area contributed by atoms with E-state index in [1.807, 2.05) is 0 Å². The maximum Gasteiger partial charge on any atom is 0.0969 e. The van der Waals surface area contributed by atoms with Crippen molar-refractivity contribution in [1.29, 1.82) is 0 Å². The van der Waals surface area contributed by atoms with E-state index in [0.29, 0.717) is 21.8 Å². The zero-order chi connectivity index (χ0) is 11.7. The van der Waals surface area contributed by atoms with Gasteiger partial charge in [0.2, 0.25) is 0 Å². The number of rotatable bonds is 0. The second-order valence-corrected chi connectivity index (χ2v) is 8.57. The van der Waals surface area contributed by atoms with E-state index < -0.39 is 10.4 Å². The van der Waals surface area contributed by atoms with Gasteiger partial charge in [-0.25, -0.2) is 0 Å². The summed E-state index contributed by atoms with van der Waals surface area (Å²) in [6.45, 7) is 0. The van der Waals surface area contributed by atoms with Gasteiger partial charge in [-0.2, -0.15) is 0 Å². The van der Waals surface area contributed by atoms with Crippen molar-refractivity contribution in [2.24, 2.45) is 0 Å². The predicted octanol–water partition coefficient (Wildman–Crippen LogP) is -0.350. The van der Waals surface area contributed by atoms with Gasteiger partial charge in [0.1, 0.15) is 0 Å². The lowest BCUT2D eigenvalue weighted by Gasteiger charge is -2.06. The quantitative estimate of drug-likeness (QED) is 0.334. The summed E-state index contributed by atoms with van der Waals surface area (Å²) in [5, 5.41) is 0. The molecule has 0 saturated heterocycles. The zero-order valence-corrected chi connectivity index (χ0v) is 11.3. The van der Waals surface area contributed by atoms with Gasteiger partial charge in [0.05, 0.1) is 37.5 Å². The molecule has 0 unspecified atom stereocenters. The van der Waals surface area contributed by atoms with Crippen LogP contribution in [0.3, 0.4) is 0 Å². The first kappa shape index (κ1) is 19.2. The molecule has 0 saturated carbocycles. The summed E-state index contributed by atoms with van der Waals surface area (Å²) < 4.78 is 34.1. The molecule has 0 atom stereocenters. The monoisotopic (exact) mass is 250 g/mol. The molecule has 0 N–H and O–H groups in total. The van der Waals surface area contributed by atoms with Crippen LogP contribution in [-0.2, 0) is 32.2 Å². The van der Waals surface area contributed by atoms with Gasteiger partial charge in [0.15, 0.2) is 0 Å². The van der Waals surface area contributed by atoms with Crippen molar-refractivity contribution < 1.29 is 17.5 Å². The molecule has 0 rings (SSSR count). The maximum absolute atomic E-state index is 8.52. The fourth-order valence-corrected chi connectivity index (χ4v) is 0. The summed E-state index contributed by atoms with van der Waals surface area (Å²) in [4.78, 5) is 0. The molecule has 0 fully saturated rings. The molecule has 0 aromatic heterocycles.